The summed E-state index contributed by atoms with van der Waals surface area (Å²) < 4.78 is 5.47. The second-order valence-electron chi connectivity index (χ2n) is 5.42. The normalized spacial score (nSPS) is 25.3. The maximum atomic E-state index is 9.74. The smallest absolute Gasteiger partial charge is 0.144 e. The summed E-state index contributed by atoms with van der Waals surface area (Å²) in [7, 11) is 0. The van der Waals surface area contributed by atoms with Crippen LogP contribution < -0.4 is 15.8 Å². The van der Waals surface area contributed by atoms with Crippen LogP contribution in [0.4, 0.5) is 11.4 Å². The first-order valence-corrected chi connectivity index (χ1v) is 6.42. The van der Waals surface area contributed by atoms with E-state index in [4.69, 9.17) is 10.5 Å². The lowest BCUT2D eigenvalue weighted by atomic mass is 9.64. The highest BCUT2D eigenvalue weighted by molar-refractivity contribution is 5.73. The topological polar surface area (TPSA) is 67.5 Å². The van der Waals surface area contributed by atoms with Crippen molar-refractivity contribution in [1.82, 2.24) is 0 Å². The van der Waals surface area contributed by atoms with Gasteiger partial charge in [0.2, 0.25) is 0 Å². The van der Waals surface area contributed by atoms with E-state index >= 15 is 0 Å². The maximum Gasteiger partial charge on any atom is 0.144 e. The van der Waals surface area contributed by atoms with Gasteiger partial charge >= 0.3 is 0 Å². The van der Waals surface area contributed by atoms with E-state index in [1.54, 1.807) is 0 Å². The number of nitrogen functional groups attached to an aromatic ring is 1. The second-order valence-corrected chi connectivity index (χ2v) is 5.42. The molecule has 2 rings (SSSR count). The summed E-state index contributed by atoms with van der Waals surface area (Å²) in [6.45, 7) is 6.65. The molecule has 1 aliphatic rings. The first-order valence-electron chi connectivity index (χ1n) is 6.42. The molecule has 1 saturated carbocycles. The summed E-state index contributed by atoms with van der Waals surface area (Å²) in [5, 5.41) is 13.1. The highest BCUT2D eigenvalue weighted by Gasteiger charge is 2.47. The molecule has 0 amide bonds. The quantitative estimate of drug-likeness (QED) is 0.717. The van der Waals surface area contributed by atoms with Crippen LogP contribution >= 0.6 is 0 Å². The lowest BCUT2D eigenvalue weighted by Crippen LogP contribution is -2.56. The number of anilines is 2. The van der Waals surface area contributed by atoms with Crippen molar-refractivity contribution < 1.29 is 9.84 Å². The summed E-state index contributed by atoms with van der Waals surface area (Å²) >= 11 is 0. The number of aliphatic hydroxyl groups excluding tert-OH is 1. The molecule has 2 atom stereocenters. The lowest BCUT2D eigenvalue weighted by Gasteiger charge is -2.50. The zero-order valence-corrected chi connectivity index (χ0v) is 11.2. The number of aliphatic hydroxyl groups is 1. The number of ether oxygens (including phenoxy) is 1. The van der Waals surface area contributed by atoms with Crippen molar-refractivity contribution in [3.05, 3.63) is 18.2 Å². The van der Waals surface area contributed by atoms with Crippen LogP contribution in [0.3, 0.4) is 0 Å². The van der Waals surface area contributed by atoms with E-state index in [1.807, 2.05) is 25.1 Å². The Bertz CT molecular complexity index is 432. The molecule has 0 heterocycles. The van der Waals surface area contributed by atoms with Gasteiger partial charge < -0.3 is 20.9 Å². The van der Waals surface area contributed by atoms with Crippen molar-refractivity contribution >= 4 is 11.4 Å². The van der Waals surface area contributed by atoms with Crippen LogP contribution in [-0.2, 0) is 0 Å². The molecule has 0 aliphatic heterocycles. The van der Waals surface area contributed by atoms with Crippen molar-refractivity contribution in [2.45, 2.75) is 39.3 Å². The SMILES string of the molecule is CCOc1cccc(NC2CC(O)C2(C)C)c1N. The number of rotatable bonds is 4. The molecule has 1 aromatic carbocycles. The third-order valence-corrected chi connectivity index (χ3v) is 3.91. The molecule has 4 N–H and O–H groups in total. The van der Waals surface area contributed by atoms with Crippen molar-refractivity contribution in [1.29, 1.82) is 0 Å². The zero-order valence-electron chi connectivity index (χ0n) is 11.2. The number of nitrogens with two attached hydrogens (primary N) is 1. The van der Waals surface area contributed by atoms with Gasteiger partial charge in [0.05, 0.1) is 24.1 Å². The van der Waals surface area contributed by atoms with Crippen LogP contribution in [-0.4, -0.2) is 23.9 Å². The Balaban J connectivity index is 2.13. The molecule has 0 spiro atoms. The Labute approximate surface area is 108 Å². The predicted octanol–water partition coefficient (Wildman–Crippen LogP) is 2.24. The Morgan fingerprint density at radius 3 is 2.78 bits per heavy atom. The van der Waals surface area contributed by atoms with E-state index in [1.165, 1.54) is 0 Å². The van der Waals surface area contributed by atoms with Gasteiger partial charge in [0.15, 0.2) is 0 Å². The average molecular weight is 250 g/mol. The Hall–Kier alpha value is -1.42. The molecule has 2 unspecified atom stereocenters. The van der Waals surface area contributed by atoms with E-state index in [9.17, 15) is 5.11 Å². The van der Waals surface area contributed by atoms with Gasteiger partial charge in [0.1, 0.15) is 5.75 Å². The molecule has 1 aromatic rings. The highest BCUT2D eigenvalue weighted by atomic mass is 16.5. The van der Waals surface area contributed by atoms with Gasteiger partial charge in [-0.15, -0.1) is 0 Å². The van der Waals surface area contributed by atoms with E-state index in [0.29, 0.717) is 18.0 Å². The predicted molar refractivity (Wildman–Crippen MR) is 73.8 cm³/mol. The van der Waals surface area contributed by atoms with Crippen LogP contribution in [0.5, 0.6) is 5.75 Å². The van der Waals surface area contributed by atoms with Crippen molar-refractivity contribution in [3.63, 3.8) is 0 Å². The molecule has 4 heteroatoms. The lowest BCUT2D eigenvalue weighted by molar-refractivity contribution is -0.0510. The summed E-state index contributed by atoms with van der Waals surface area (Å²) in [6.07, 6.45) is 0.511. The maximum absolute atomic E-state index is 9.74. The Morgan fingerprint density at radius 1 is 1.50 bits per heavy atom. The van der Waals surface area contributed by atoms with Gasteiger partial charge in [-0.3, -0.25) is 0 Å². The number of hydrogen-bond acceptors (Lipinski definition) is 4. The van der Waals surface area contributed by atoms with Crippen LogP contribution in [0.2, 0.25) is 0 Å². The van der Waals surface area contributed by atoms with Gasteiger partial charge in [-0.05, 0) is 25.5 Å². The molecule has 0 radical (unpaired) electrons. The van der Waals surface area contributed by atoms with Gasteiger partial charge in [0, 0.05) is 11.5 Å². The molecule has 0 aromatic heterocycles. The molecule has 0 bridgehead atoms. The average Bonchev–Trinajstić information content (AvgIpc) is 2.33. The van der Waals surface area contributed by atoms with Crippen LogP contribution in [0.1, 0.15) is 27.2 Å². The van der Waals surface area contributed by atoms with Crippen molar-refractivity contribution in [3.8, 4) is 5.75 Å². The van der Waals surface area contributed by atoms with Crippen molar-refractivity contribution in [2.24, 2.45) is 5.41 Å². The second kappa shape index (κ2) is 4.69. The molecule has 1 fully saturated rings. The molecule has 1 aliphatic carbocycles. The summed E-state index contributed by atoms with van der Waals surface area (Å²) in [5.41, 5.74) is 7.47. The largest absolute Gasteiger partial charge is 0.492 e. The van der Waals surface area contributed by atoms with Crippen LogP contribution in [0.25, 0.3) is 0 Å². The fourth-order valence-electron chi connectivity index (χ4n) is 2.29. The summed E-state index contributed by atoms with van der Waals surface area (Å²) in [5.74, 6) is 0.708. The van der Waals surface area contributed by atoms with Gasteiger partial charge in [-0.25, -0.2) is 0 Å². The van der Waals surface area contributed by atoms with Gasteiger partial charge in [-0.2, -0.15) is 0 Å². The molecule has 100 valence electrons. The van der Waals surface area contributed by atoms with Crippen LogP contribution in [0, 0.1) is 5.41 Å². The standard InChI is InChI=1S/C14H22N2O2/c1-4-18-10-7-5-6-9(13(10)15)16-11-8-12(17)14(11,2)3/h5-7,11-12,16-17H,4,8,15H2,1-3H3. The van der Waals surface area contributed by atoms with Crippen LogP contribution in [0.15, 0.2) is 18.2 Å². The zero-order chi connectivity index (χ0) is 13.3. The summed E-state index contributed by atoms with van der Waals surface area (Å²) in [4.78, 5) is 0. The minimum absolute atomic E-state index is 0.117. The number of hydrogen-bond donors (Lipinski definition) is 3. The minimum atomic E-state index is -0.244. The number of nitrogens with one attached hydrogen (secondary N) is 1. The minimum Gasteiger partial charge on any atom is -0.492 e. The van der Waals surface area contributed by atoms with E-state index in [-0.39, 0.29) is 17.6 Å². The highest BCUT2D eigenvalue weighted by Crippen LogP contribution is 2.43. The van der Waals surface area contributed by atoms with E-state index in [0.717, 1.165) is 12.1 Å². The van der Waals surface area contributed by atoms with Gasteiger partial charge in [-0.1, -0.05) is 19.9 Å². The molecular formula is C14H22N2O2. The number of benzene rings is 1. The van der Waals surface area contributed by atoms with E-state index < -0.39 is 0 Å². The molecule has 0 saturated heterocycles. The third kappa shape index (κ3) is 2.12. The Morgan fingerprint density at radius 2 is 2.22 bits per heavy atom. The molecule has 18 heavy (non-hydrogen) atoms. The molecular weight excluding hydrogens is 228 g/mol. The van der Waals surface area contributed by atoms with Crippen molar-refractivity contribution in [2.75, 3.05) is 17.7 Å². The number of para-hydroxylation sites is 1. The van der Waals surface area contributed by atoms with E-state index in [2.05, 4.69) is 19.2 Å². The summed E-state index contributed by atoms with van der Waals surface area (Å²) in [6, 6.07) is 5.97. The first kappa shape index (κ1) is 13.0. The monoisotopic (exact) mass is 250 g/mol. The fraction of sp³-hybridized carbons (Fsp3) is 0.571. The Kier molecular flexibility index (Phi) is 3.39. The third-order valence-electron chi connectivity index (χ3n) is 3.91. The fourth-order valence-corrected chi connectivity index (χ4v) is 2.29. The van der Waals surface area contributed by atoms with Gasteiger partial charge in [0.25, 0.3) is 0 Å². The first-order chi connectivity index (χ1) is 8.46. The molecule has 4 nitrogen and oxygen atoms in total.